The molecular formula is C8H9BrN2S. The molecule has 1 N–H and O–H groups in total. The number of nitrogens with one attached hydrogen (secondary N) is 1. The number of anilines is 1. The lowest BCUT2D eigenvalue weighted by Crippen LogP contribution is -2.27. The average molecular weight is 245 g/mol. The van der Waals surface area contributed by atoms with Gasteiger partial charge in [0.15, 0.2) is 0 Å². The molecule has 1 aromatic rings. The molecule has 4 heteroatoms. The van der Waals surface area contributed by atoms with E-state index in [9.17, 15) is 0 Å². The molecule has 0 atom stereocenters. The van der Waals surface area contributed by atoms with Gasteiger partial charge in [-0.15, -0.1) is 11.3 Å². The van der Waals surface area contributed by atoms with Crippen molar-refractivity contribution in [2.24, 2.45) is 0 Å². The molecule has 0 unspecified atom stereocenters. The van der Waals surface area contributed by atoms with Crippen LogP contribution in [0.3, 0.4) is 0 Å². The fourth-order valence-electron chi connectivity index (χ4n) is 0.717. The smallest absolute Gasteiger partial charge is 0.120 e. The van der Waals surface area contributed by atoms with Gasteiger partial charge in [0.1, 0.15) is 5.54 Å². The second-order valence-corrected chi connectivity index (χ2v) is 5.43. The molecule has 0 spiro atoms. The molecule has 0 fully saturated rings. The van der Waals surface area contributed by atoms with Crippen LogP contribution in [0.25, 0.3) is 0 Å². The number of rotatable bonds is 2. The third-order valence-corrected chi connectivity index (χ3v) is 2.83. The molecule has 12 heavy (non-hydrogen) atoms. The van der Waals surface area contributed by atoms with Gasteiger partial charge in [0.25, 0.3) is 0 Å². The summed E-state index contributed by atoms with van der Waals surface area (Å²) in [6.07, 6.45) is 0. The number of thiophene rings is 1. The zero-order valence-electron chi connectivity index (χ0n) is 6.89. The Morgan fingerprint density at radius 2 is 2.25 bits per heavy atom. The first kappa shape index (κ1) is 9.56. The number of nitrogens with zero attached hydrogens (tertiary/aromatic N) is 1. The highest BCUT2D eigenvalue weighted by atomic mass is 79.9. The quantitative estimate of drug-likeness (QED) is 0.868. The second kappa shape index (κ2) is 3.46. The summed E-state index contributed by atoms with van der Waals surface area (Å²) in [6, 6.07) is 6.09. The van der Waals surface area contributed by atoms with Crippen molar-refractivity contribution in [3.05, 3.63) is 15.9 Å². The van der Waals surface area contributed by atoms with Crippen LogP contribution >= 0.6 is 27.3 Å². The fraction of sp³-hybridized carbons (Fsp3) is 0.375. The molecule has 0 saturated heterocycles. The highest BCUT2D eigenvalue weighted by Crippen LogP contribution is 2.28. The largest absolute Gasteiger partial charge is 0.359 e. The molecular weight excluding hydrogens is 236 g/mol. The number of hydrogen-bond donors (Lipinski definition) is 1. The lowest BCUT2D eigenvalue weighted by atomic mass is 10.1. The van der Waals surface area contributed by atoms with Gasteiger partial charge in [-0.2, -0.15) is 5.26 Å². The van der Waals surface area contributed by atoms with Gasteiger partial charge in [0, 0.05) is 0 Å². The van der Waals surface area contributed by atoms with Gasteiger partial charge < -0.3 is 5.32 Å². The molecule has 0 aliphatic carbocycles. The molecule has 0 amide bonds. The Hall–Kier alpha value is -0.530. The van der Waals surface area contributed by atoms with E-state index in [0.29, 0.717) is 0 Å². The Bertz CT molecular complexity index is 311. The van der Waals surface area contributed by atoms with E-state index in [1.54, 1.807) is 11.3 Å². The summed E-state index contributed by atoms with van der Waals surface area (Å²) in [4.78, 5) is 0. The van der Waals surface area contributed by atoms with Crippen LogP contribution in [0, 0.1) is 11.3 Å². The zero-order chi connectivity index (χ0) is 9.19. The summed E-state index contributed by atoms with van der Waals surface area (Å²) < 4.78 is 1.07. The van der Waals surface area contributed by atoms with Gasteiger partial charge in [-0.3, -0.25) is 0 Å². The van der Waals surface area contributed by atoms with E-state index in [0.717, 1.165) is 8.79 Å². The standard InChI is InChI=1S/C8H9BrN2S/c1-8(2,5-10)11-7-4-3-6(9)12-7/h3-4,11H,1-2H3. The number of halogens is 1. The highest BCUT2D eigenvalue weighted by Gasteiger charge is 2.16. The van der Waals surface area contributed by atoms with E-state index in [-0.39, 0.29) is 0 Å². The first-order chi connectivity index (χ1) is 5.53. The monoisotopic (exact) mass is 244 g/mol. The maximum Gasteiger partial charge on any atom is 0.120 e. The molecule has 0 aromatic carbocycles. The Morgan fingerprint density at radius 3 is 2.67 bits per heavy atom. The lowest BCUT2D eigenvalue weighted by molar-refractivity contribution is 0.732. The summed E-state index contributed by atoms with van der Waals surface area (Å²) in [5.74, 6) is 0. The van der Waals surface area contributed by atoms with Crippen LogP contribution in [0.1, 0.15) is 13.8 Å². The van der Waals surface area contributed by atoms with Crippen molar-refractivity contribution in [1.82, 2.24) is 0 Å². The Morgan fingerprint density at radius 1 is 1.58 bits per heavy atom. The third-order valence-electron chi connectivity index (χ3n) is 1.29. The van der Waals surface area contributed by atoms with Crippen molar-refractivity contribution in [3.63, 3.8) is 0 Å². The lowest BCUT2D eigenvalue weighted by Gasteiger charge is -2.16. The van der Waals surface area contributed by atoms with Crippen molar-refractivity contribution >= 4 is 32.3 Å². The van der Waals surface area contributed by atoms with Crippen LogP contribution in [0.15, 0.2) is 15.9 Å². The van der Waals surface area contributed by atoms with Gasteiger partial charge in [0.2, 0.25) is 0 Å². The fourth-order valence-corrected chi connectivity index (χ4v) is 2.16. The summed E-state index contributed by atoms with van der Waals surface area (Å²) >= 11 is 4.94. The van der Waals surface area contributed by atoms with Gasteiger partial charge in [-0.05, 0) is 41.9 Å². The van der Waals surface area contributed by atoms with Crippen LogP contribution < -0.4 is 5.32 Å². The van der Waals surface area contributed by atoms with Crippen LogP contribution in [0.2, 0.25) is 0 Å². The van der Waals surface area contributed by atoms with Crippen molar-refractivity contribution < 1.29 is 0 Å². The molecule has 0 bridgehead atoms. The van der Waals surface area contributed by atoms with Gasteiger partial charge in [-0.1, -0.05) is 0 Å². The minimum Gasteiger partial charge on any atom is -0.359 e. The van der Waals surface area contributed by atoms with E-state index >= 15 is 0 Å². The third kappa shape index (κ3) is 2.50. The van der Waals surface area contributed by atoms with Crippen LogP contribution in [-0.4, -0.2) is 5.54 Å². The molecule has 0 aliphatic heterocycles. The Kier molecular flexibility index (Phi) is 2.76. The summed E-state index contributed by atoms with van der Waals surface area (Å²) in [6.45, 7) is 3.70. The van der Waals surface area contributed by atoms with E-state index < -0.39 is 5.54 Å². The zero-order valence-corrected chi connectivity index (χ0v) is 9.29. The molecule has 0 radical (unpaired) electrons. The van der Waals surface area contributed by atoms with Gasteiger partial charge >= 0.3 is 0 Å². The molecule has 1 rings (SSSR count). The molecule has 1 aromatic heterocycles. The Balaban J connectivity index is 2.72. The average Bonchev–Trinajstić information content (AvgIpc) is 2.35. The maximum absolute atomic E-state index is 8.74. The first-order valence-electron chi connectivity index (χ1n) is 3.48. The van der Waals surface area contributed by atoms with Crippen molar-refractivity contribution in [1.29, 1.82) is 5.26 Å². The summed E-state index contributed by atoms with van der Waals surface area (Å²) in [7, 11) is 0. The normalized spacial score (nSPS) is 10.8. The van der Waals surface area contributed by atoms with Gasteiger partial charge in [-0.25, -0.2) is 0 Å². The molecule has 64 valence electrons. The van der Waals surface area contributed by atoms with Crippen molar-refractivity contribution in [3.8, 4) is 6.07 Å². The van der Waals surface area contributed by atoms with Crippen LogP contribution in [-0.2, 0) is 0 Å². The second-order valence-electron chi connectivity index (χ2n) is 2.97. The minimum atomic E-state index is -0.496. The SMILES string of the molecule is CC(C)(C#N)Nc1ccc(Br)s1. The minimum absolute atomic E-state index is 0.496. The Labute approximate surface area is 84.3 Å². The molecule has 2 nitrogen and oxygen atoms in total. The number of hydrogen-bond acceptors (Lipinski definition) is 3. The summed E-state index contributed by atoms with van der Waals surface area (Å²) in [5, 5.41) is 12.9. The van der Waals surface area contributed by atoms with E-state index in [2.05, 4.69) is 27.3 Å². The molecule has 0 saturated carbocycles. The van der Waals surface area contributed by atoms with E-state index in [1.165, 1.54) is 0 Å². The van der Waals surface area contributed by atoms with Gasteiger partial charge in [0.05, 0.1) is 14.9 Å². The maximum atomic E-state index is 8.74. The predicted octanol–water partition coefficient (Wildman–Crippen LogP) is 3.22. The van der Waals surface area contributed by atoms with Crippen molar-refractivity contribution in [2.75, 3.05) is 5.32 Å². The van der Waals surface area contributed by atoms with Crippen LogP contribution in [0.4, 0.5) is 5.00 Å². The molecule has 1 heterocycles. The number of nitriles is 1. The highest BCUT2D eigenvalue weighted by molar-refractivity contribution is 9.11. The van der Waals surface area contributed by atoms with Crippen LogP contribution in [0.5, 0.6) is 0 Å². The topological polar surface area (TPSA) is 35.8 Å². The van der Waals surface area contributed by atoms with Crippen molar-refractivity contribution in [2.45, 2.75) is 19.4 Å². The summed E-state index contributed by atoms with van der Waals surface area (Å²) in [5.41, 5.74) is -0.496. The molecule has 0 aliphatic rings. The first-order valence-corrected chi connectivity index (χ1v) is 5.09. The predicted molar refractivity (Wildman–Crippen MR) is 55.3 cm³/mol. The van der Waals surface area contributed by atoms with E-state index in [4.69, 9.17) is 5.26 Å². The van der Waals surface area contributed by atoms with E-state index in [1.807, 2.05) is 26.0 Å².